The fraction of sp³-hybridized carbons (Fsp3) is 0.0909. The molecule has 1 N–H and O–H groups in total. The van der Waals surface area contributed by atoms with Gasteiger partial charge in [0.15, 0.2) is 0 Å². The summed E-state index contributed by atoms with van der Waals surface area (Å²) in [6.45, 7) is 0. The summed E-state index contributed by atoms with van der Waals surface area (Å²) in [5, 5.41) is 10.7. The highest BCUT2D eigenvalue weighted by molar-refractivity contribution is 7.79. The van der Waals surface area contributed by atoms with Crippen LogP contribution >= 0.6 is 0 Å². The van der Waals surface area contributed by atoms with Crippen molar-refractivity contribution in [3.8, 4) is 0 Å². The van der Waals surface area contributed by atoms with Gasteiger partial charge in [0.25, 0.3) is 0 Å². The maximum atomic E-state index is 11.1. The highest BCUT2D eigenvalue weighted by atomic mass is 32.2. The molecule has 0 spiro atoms. The minimum absolute atomic E-state index is 0.258. The molecule has 0 radical (unpaired) electrons. The van der Waals surface area contributed by atoms with E-state index in [1.54, 1.807) is 30.3 Å². The Morgan fingerprint density at radius 1 is 1.18 bits per heavy atom. The summed E-state index contributed by atoms with van der Waals surface area (Å²) in [6.07, 6.45) is 0. The van der Waals surface area contributed by atoms with Crippen LogP contribution in [0.5, 0.6) is 0 Å². The molecule has 0 heterocycles. The number of nitro groups is 1. The molecule has 2 atom stereocenters. The maximum Gasteiger partial charge on any atom is 0.335 e. The first-order valence-corrected chi connectivity index (χ1v) is 5.99. The molecule has 0 amide bonds. The smallest absolute Gasteiger partial charge is 0.301 e. The van der Waals surface area contributed by atoms with Crippen LogP contribution in [-0.2, 0) is 11.1 Å². The van der Waals surface area contributed by atoms with Crippen molar-refractivity contribution in [3.05, 3.63) is 58.1 Å². The van der Waals surface area contributed by atoms with E-state index in [0.29, 0.717) is 5.39 Å². The van der Waals surface area contributed by atoms with Crippen LogP contribution in [0.4, 0.5) is 0 Å². The molecule has 0 bridgehead atoms. The van der Waals surface area contributed by atoms with Gasteiger partial charge in [0.05, 0.1) is 0 Å². The van der Waals surface area contributed by atoms with Gasteiger partial charge < -0.3 is 4.55 Å². The van der Waals surface area contributed by atoms with Gasteiger partial charge >= 0.3 is 5.37 Å². The van der Waals surface area contributed by atoms with E-state index in [-0.39, 0.29) is 5.56 Å². The molecule has 0 aliphatic rings. The summed E-state index contributed by atoms with van der Waals surface area (Å²) in [5.41, 5.74) is 0.258. The lowest BCUT2D eigenvalue weighted by atomic mass is 10.0. The first-order chi connectivity index (χ1) is 8.11. The third-order valence-corrected chi connectivity index (χ3v) is 3.28. The van der Waals surface area contributed by atoms with Gasteiger partial charge in [-0.15, -0.1) is 0 Å². The Bertz CT molecular complexity index is 580. The predicted molar refractivity (Wildman–Crippen MR) is 64.5 cm³/mol. The molecule has 0 aromatic heterocycles. The van der Waals surface area contributed by atoms with Gasteiger partial charge in [-0.1, -0.05) is 42.5 Å². The SMILES string of the molecule is O=[N+]([O-])C(c1cccc2ccccc12)S(=O)O. The average molecular weight is 251 g/mol. The zero-order valence-electron chi connectivity index (χ0n) is 8.65. The molecule has 2 aromatic carbocycles. The van der Waals surface area contributed by atoms with Gasteiger partial charge in [-0.25, -0.2) is 4.21 Å². The van der Waals surface area contributed by atoms with Crippen molar-refractivity contribution in [2.24, 2.45) is 0 Å². The van der Waals surface area contributed by atoms with E-state index >= 15 is 0 Å². The Balaban J connectivity index is 2.69. The summed E-state index contributed by atoms with van der Waals surface area (Å²) in [4.78, 5) is 10.1. The van der Waals surface area contributed by atoms with Gasteiger partial charge in [-0.3, -0.25) is 10.1 Å². The normalized spacial score (nSPS) is 14.4. The molecule has 0 saturated heterocycles. The van der Waals surface area contributed by atoms with Crippen molar-refractivity contribution in [2.75, 3.05) is 0 Å². The van der Waals surface area contributed by atoms with Gasteiger partial charge in [0, 0.05) is 10.5 Å². The zero-order valence-corrected chi connectivity index (χ0v) is 9.46. The van der Waals surface area contributed by atoms with Gasteiger partial charge in [0.2, 0.25) is 11.1 Å². The molecule has 6 heteroatoms. The molecule has 2 unspecified atom stereocenters. The summed E-state index contributed by atoms with van der Waals surface area (Å²) in [5.74, 6) is 0. The molecule has 0 fully saturated rings. The minimum atomic E-state index is -2.54. The summed E-state index contributed by atoms with van der Waals surface area (Å²) in [6, 6.07) is 12.0. The summed E-state index contributed by atoms with van der Waals surface area (Å²) in [7, 11) is 0. The van der Waals surface area contributed by atoms with Crippen LogP contribution in [0.1, 0.15) is 10.9 Å². The number of rotatable bonds is 3. The predicted octanol–water partition coefficient (Wildman–Crippen LogP) is 2.34. The van der Waals surface area contributed by atoms with E-state index in [2.05, 4.69) is 0 Å². The molecule has 2 aromatic rings. The average Bonchev–Trinajstić information content (AvgIpc) is 2.28. The molecule has 0 saturated carbocycles. The van der Waals surface area contributed by atoms with Gasteiger partial charge in [-0.2, -0.15) is 0 Å². The van der Waals surface area contributed by atoms with Crippen molar-refractivity contribution in [3.63, 3.8) is 0 Å². The minimum Gasteiger partial charge on any atom is -0.301 e. The van der Waals surface area contributed by atoms with Crippen LogP contribution in [0.3, 0.4) is 0 Å². The molecule has 0 aliphatic carbocycles. The molecule has 0 aliphatic heterocycles. The zero-order chi connectivity index (χ0) is 12.4. The third-order valence-electron chi connectivity index (χ3n) is 2.47. The lowest BCUT2D eigenvalue weighted by molar-refractivity contribution is -0.502. The van der Waals surface area contributed by atoms with Crippen LogP contribution in [0, 0.1) is 10.1 Å². The number of hydrogen-bond donors (Lipinski definition) is 1. The van der Waals surface area contributed by atoms with Crippen molar-refractivity contribution in [1.82, 2.24) is 0 Å². The van der Waals surface area contributed by atoms with E-state index in [9.17, 15) is 14.3 Å². The Morgan fingerprint density at radius 3 is 2.47 bits per heavy atom. The third kappa shape index (κ3) is 2.17. The molecule has 2 rings (SSSR count). The molecule has 5 nitrogen and oxygen atoms in total. The first-order valence-electron chi connectivity index (χ1n) is 4.82. The Morgan fingerprint density at radius 2 is 1.82 bits per heavy atom. The second-order valence-corrected chi connectivity index (χ2v) is 4.48. The number of fused-ring (bicyclic) bond motifs is 1. The first kappa shape index (κ1) is 11.7. The van der Waals surface area contributed by atoms with Crippen molar-refractivity contribution >= 4 is 21.9 Å². The van der Waals surface area contributed by atoms with Crippen LogP contribution in [0.15, 0.2) is 42.5 Å². The lowest BCUT2D eigenvalue weighted by Gasteiger charge is -2.08. The fourth-order valence-corrected chi connectivity index (χ4v) is 2.33. The monoisotopic (exact) mass is 251 g/mol. The van der Waals surface area contributed by atoms with Crippen LogP contribution in [0.25, 0.3) is 10.8 Å². The largest absolute Gasteiger partial charge is 0.335 e. The van der Waals surface area contributed by atoms with E-state index in [1.165, 1.54) is 6.07 Å². The second kappa shape index (κ2) is 4.60. The van der Waals surface area contributed by atoms with E-state index in [0.717, 1.165) is 5.39 Å². The van der Waals surface area contributed by atoms with Crippen LogP contribution in [-0.4, -0.2) is 13.7 Å². The lowest BCUT2D eigenvalue weighted by Crippen LogP contribution is -2.15. The number of nitrogens with zero attached hydrogens (tertiary/aromatic N) is 1. The van der Waals surface area contributed by atoms with Gasteiger partial charge in [0.1, 0.15) is 0 Å². The molecular weight excluding hydrogens is 242 g/mol. The van der Waals surface area contributed by atoms with Crippen molar-refractivity contribution < 1.29 is 13.7 Å². The number of hydrogen-bond acceptors (Lipinski definition) is 3. The Kier molecular flexibility index (Phi) is 3.16. The molecular formula is C11H9NO4S. The second-order valence-electron chi connectivity index (χ2n) is 3.48. The molecule has 17 heavy (non-hydrogen) atoms. The summed E-state index contributed by atoms with van der Waals surface area (Å²) >= 11 is -2.54. The van der Waals surface area contributed by atoms with Crippen molar-refractivity contribution in [2.45, 2.75) is 5.37 Å². The highest BCUT2D eigenvalue weighted by Gasteiger charge is 2.30. The quantitative estimate of drug-likeness (QED) is 0.515. The van der Waals surface area contributed by atoms with E-state index in [1.807, 2.05) is 6.07 Å². The standard InChI is InChI=1S/C11H9NO4S/c13-12(14)11(17(15)16)10-7-3-5-8-4-1-2-6-9(8)10/h1-7,11H,(H,15,16). The summed E-state index contributed by atoms with van der Waals surface area (Å²) < 4.78 is 20.1. The molecule has 88 valence electrons. The maximum absolute atomic E-state index is 11.1. The van der Waals surface area contributed by atoms with E-state index in [4.69, 9.17) is 4.55 Å². The van der Waals surface area contributed by atoms with Gasteiger partial charge in [-0.05, 0) is 10.8 Å². The van der Waals surface area contributed by atoms with Crippen LogP contribution < -0.4 is 0 Å². The Labute approximate surface area is 99.5 Å². The number of benzene rings is 2. The van der Waals surface area contributed by atoms with Crippen LogP contribution in [0.2, 0.25) is 0 Å². The Hall–Kier alpha value is -1.79. The topological polar surface area (TPSA) is 80.4 Å². The fourth-order valence-electron chi connectivity index (χ4n) is 1.76. The van der Waals surface area contributed by atoms with Crippen molar-refractivity contribution in [1.29, 1.82) is 0 Å². The highest BCUT2D eigenvalue weighted by Crippen LogP contribution is 2.27. The van der Waals surface area contributed by atoms with E-state index < -0.39 is 21.4 Å².